The first-order chi connectivity index (χ1) is 12.4. The lowest BCUT2D eigenvalue weighted by Gasteiger charge is -2.18. The molecule has 0 bridgehead atoms. The highest BCUT2D eigenvalue weighted by Crippen LogP contribution is 2.22. The predicted octanol–water partition coefficient (Wildman–Crippen LogP) is 6.64. The van der Waals surface area contributed by atoms with Gasteiger partial charge < -0.3 is 5.32 Å². The Morgan fingerprint density at radius 3 is 1.96 bits per heavy atom. The number of benzene rings is 1. The van der Waals surface area contributed by atoms with Crippen molar-refractivity contribution in [3.8, 4) is 0 Å². The van der Waals surface area contributed by atoms with Crippen LogP contribution >= 0.6 is 0 Å². The number of hydrogen-bond acceptors (Lipinski definition) is 1. The lowest BCUT2D eigenvalue weighted by Crippen LogP contribution is -2.21. The van der Waals surface area contributed by atoms with E-state index in [0.29, 0.717) is 0 Å². The molecule has 1 rings (SSSR count). The minimum Gasteiger partial charge on any atom is -0.353 e. The SMILES string of the molecule is CCCCCCCCCCCNC(=O)C=Cc1ccc(C(C)(C)C)cc1. The first-order valence-electron chi connectivity index (χ1n) is 10.5. The van der Waals surface area contributed by atoms with Crippen LogP contribution in [0.15, 0.2) is 30.3 Å². The summed E-state index contributed by atoms with van der Waals surface area (Å²) >= 11 is 0. The maximum Gasteiger partial charge on any atom is 0.243 e. The number of carbonyl (C=O) groups is 1. The average Bonchev–Trinajstić information content (AvgIpc) is 2.61. The Balaban J connectivity index is 2.12. The van der Waals surface area contributed by atoms with Crippen molar-refractivity contribution < 1.29 is 4.79 Å². The van der Waals surface area contributed by atoms with E-state index in [4.69, 9.17) is 0 Å². The van der Waals surface area contributed by atoms with Crippen LogP contribution in [0.2, 0.25) is 0 Å². The molecular formula is C24H39NO. The molecule has 0 aliphatic heterocycles. The molecule has 146 valence electrons. The minimum atomic E-state index is 0.00413. The second-order valence-electron chi connectivity index (χ2n) is 8.32. The number of nitrogens with one attached hydrogen (secondary N) is 1. The van der Waals surface area contributed by atoms with Crippen LogP contribution in [0.4, 0.5) is 0 Å². The van der Waals surface area contributed by atoms with Gasteiger partial charge in [-0.2, -0.15) is 0 Å². The predicted molar refractivity (Wildman–Crippen MR) is 114 cm³/mol. The highest BCUT2D eigenvalue weighted by molar-refractivity contribution is 5.91. The molecule has 0 aliphatic rings. The Bertz CT molecular complexity index is 522. The Kier molecular flexibility index (Phi) is 11.0. The van der Waals surface area contributed by atoms with E-state index in [1.165, 1.54) is 56.9 Å². The standard InChI is InChI=1S/C24H39NO/c1-5-6-7-8-9-10-11-12-13-20-25-23(26)19-16-21-14-17-22(18-15-21)24(2,3)4/h14-19H,5-13,20H2,1-4H3,(H,25,26). The van der Waals surface area contributed by atoms with Crippen molar-refractivity contribution in [2.45, 2.75) is 90.9 Å². The molecule has 0 saturated heterocycles. The molecule has 0 atom stereocenters. The maximum absolute atomic E-state index is 11.9. The number of hydrogen-bond donors (Lipinski definition) is 1. The summed E-state index contributed by atoms with van der Waals surface area (Å²) < 4.78 is 0. The molecule has 1 aromatic rings. The summed E-state index contributed by atoms with van der Waals surface area (Å²) in [7, 11) is 0. The largest absolute Gasteiger partial charge is 0.353 e. The molecule has 26 heavy (non-hydrogen) atoms. The van der Waals surface area contributed by atoms with E-state index in [9.17, 15) is 4.79 Å². The normalized spacial score (nSPS) is 11.8. The molecule has 0 aromatic heterocycles. The Morgan fingerprint density at radius 1 is 0.885 bits per heavy atom. The molecule has 2 nitrogen and oxygen atoms in total. The molecular weight excluding hydrogens is 318 g/mol. The van der Waals surface area contributed by atoms with E-state index in [2.05, 4.69) is 57.3 Å². The Labute approximate surface area is 161 Å². The van der Waals surface area contributed by atoms with Crippen LogP contribution in [-0.2, 0) is 10.2 Å². The third kappa shape index (κ3) is 10.4. The van der Waals surface area contributed by atoms with Gasteiger partial charge in [-0.15, -0.1) is 0 Å². The van der Waals surface area contributed by atoms with E-state index in [1.54, 1.807) is 6.08 Å². The summed E-state index contributed by atoms with van der Waals surface area (Å²) in [5.41, 5.74) is 2.54. The Hall–Kier alpha value is -1.57. The van der Waals surface area contributed by atoms with Crippen molar-refractivity contribution in [1.29, 1.82) is 0 Å². The quantitative estimate of drug-likeness (QED) is 0.329. The average molecular weight is 358 g/mol. The summed E-state index contributed by atoms with van der Waals surface area (Å²) in [5.74, 6) is 0.00413. The van der Waals surface area contributed by atoms with Gasteiger partial charge in [0, 0.05) is 12.6 Å². The summed E-state index contributed by atoms with van der Waals surface area (Å²) in [6.07, 6.45) is 15.3. The van der Waals surface area contributed by atoms with Crippen LogP contribution in [0, 0.1) is 0 Å². The van der Waals surface area contributed by atoms with Gasteiger partial charge in [-0.1, -0.05) is 103 Å². The summed E-state index contributed by atoms with van der Waals surface area (Å²) in [6, 6.07) is 8.43. The fraction of sp³-hybridized carbons (Fsp3) is 0.625. The van der Waals surface area contributed by atoms with Crippen molar-refractivity contribution in [3.05, 3.63) is 41.5 Å². The zero-order valence-electron chi connectivity index (χ0n) is 17.4. The van der Waals surface area contributed by atoms with Gasteiger partial charge in [0.05, 0.1) is 0 Å². The van der Waals surface area contributed by atoms with Gasteiger partial charge in [0.25, 0.3) is 0 Å². The molecule has 0 unspecified atom stereocenters. The second-order valence-corrected chi connectivity index (χ2v) is 8.32. The van der Waals surface area contributed by atoms with Crippen molar-refractivity contribution >= 4 is 12.0 Å². The van der Waals surface area contributed by atoms with Crippen LogP contribution in [0.3, 0.4) is 0 Å². The van der Waals surface area contributed by atoms with Gasteiger partial charge in [0.1, 0.15) is 0 Å². The van der Waals surface area contributed by atoms with Crippen molar-refractivity contribution in [3.63, 3.8) is 0 Å². The highest BCUT2D eigenvalue weighted by atomic mass is 16.1. The second kappa shape index (κ2) is 12.7. The molecule has 0 fully saturated rings. The van der Waals surface area contributed by atoms with Crippen LogP contribution < -0.4 is 5.32 Å². The van der Waals surface area contributed by atoms with Crippen molar-refractivity contribution in [2.24, 2.45) is 0 Å². The maximum atomic E-state index is 11.9. The van der Waals surface area contributed by atoms with Gasteiger partial charge in [0.15, 0.2) is 0 Å². The monoisotopic (exact) mass is 357 g/mol. The highest BCUT2D eigenvalue weighted by Gasteiger charge is 2.12. The van der Waals surface area contributed by atoms with Gasteiger partial charge in [-0.25, -0.2) is 0 Å². The zero-order chi connectivity index (χ0) is 19.3. The molecule has 1 amide bonds. The lowest BCUT2D eigenvalue weighted by molar-refractivity contribution is -0.116. The molecule has 1 N–H and O–H groups in total. The van der Waals surface area contributed by atoms with Gasteiger partial charge in [-0.05, 0) is 29.0 Å². The van der Waals surface area contributed by atoms with E-state index in [-0.39, 0.29) is 11.3 Å². The van der Waals surface area contributed by atoms with Crippen LogP contribution in [0.1, 0.15) is 96.6 Å². The van der Waals surface area contributed by atoms with Crippen molar-refractivity contribution in [1.82, 2.24) is 5.32 Å². The molecule has 1 aromatic carbocycles. The fourth-order valence-corrected chi connectivity index (χ4v) is 2.97. The first kappa shape index (κ1) is 22.5. The third-order valence-electron chi connectivity index (χ3n) is 4.78. The lowest BCUT2D eigenvalue weighted by atomic mass is 9.87. The van der Waals surface area contributed by atoms with E-state index < -0.39 is 0 Å². The Morgan fingerprint density at radius 2 is 1.42 bits per heavy atom. The van der Waals surface area contributed by atoms with Gasteiger partial charge in [-0.3, -0.25) is 4.79 Å². The third-order valence-corrected chi connectivity index (χ3v) is 4.78. The van der Waals surface area contributed by atoms with Gasteiger partial charge in [0.2, 0.25) is 5.91 Å². The van der Waals surface area contributed by atoms with Crippen LogP contribution in [0.25, 0.3) is 6.08 Å². The molecule has 2 heteroatoms. The van der Waals surface area contributed by atoms with E-state index in [1.807, 2.05) is 6.08 Å². The van der Waals surface area contributed by atoms with E-state index >= 15 is 0 Å². The fourth-order valence-electron chi connectivity index (χ4n) is 2.97. The van der Waals surface area contributed by atoms with E-state index in [0.717, 1.165) is 18.5 Å². The number of carbonyl (C=O) groups excluding carboxylic acids is 1. The molecule has 0 aliphatic carbocycles. The summed E-state index contributed by atoms with van der Waals surface area (Å²) in [5, 5.41) is 2.98. The summed E-state index contributed by atoms with van der Waals surface area (Å²) in [4.78, 5) is 11.9. The summed E-state index contributed by atoms with van der Waals surface area (Å²) in [6.45, 7) is 9.65. The molecule has 0 saturated carbocycles. The van der Waals surface area contributed by atoms with Crippen LogP contribution in [-0.4, -0.2) is 12.5 Å². The molecule has 0 radical (unpaired) electrons. The number of unbranched alkanes of at least 4 members (excludes halogenated alkanes) is 8. The van der Waals surface area contributed by atoms with Crippen molar-refractivity contribution in [2.75, 3.05) is 6.54 Å². The number of amides is 1. The zero-order valence-corrected chi connectivity index (χ0v) is 17.4. The molecule has 0 heterocycles. The minimum absolute atomic E-state index is 0.00413. The topological polar surface area (TPSA) is 29.1 Å². The smallest absolute Gasteiger partial charge is 0.243 e. The molecule has 0 spiro atoms. The van der Waals surface area contributed by atoms with Gasteiger partial charge >= 0.3 is 0 Å². The number of rotatable bonds is 12. The first-order valence-corrected chi connectivity index (χ1v) is 10.5. The van der Waals surface area contributed by atoms with Crippen LogP contribution in [0.5, 0.6) is 0 Å².